The van der Waals surface area contributed by atoms with Crippen LogP contribution in [0.2, 0.25) is 0 Å². The number of hydrogen-bond donors (Lipinski definition) is 0. The molecular weight excluding hydrogens is 342 g/mol. The molecule has 0 saturated carbocycles. The van der Waals surface area contributed by atoms with E-state index >= 15 is 0 Å². The Balaban J connectivity index is 2.26. The van der Waals surface area contributed by atoms with Crippen LogP contribution in [0.1, 0.15) is 31.4 Å². The maximum atomic E-state index is 6.65. The average molecular weight is 372 g/mol. The van der Waals surface area contributed by atoms with Crippen LogP contribution in [0.3, 0.4) is 0 Å². The highest BCUT2D eigenvalue weighted by Gasteiger charge is 2.37. The van der Waals surface area contributed by atoms with E-state index in [0.717, 1.165) is 12.2 Å². The van der Waals surface area contributed by atoms with Gasteiger partial charge in [0.2, 0.25) is 0 Å². The maximum Gasteiger partial charge on any atom is 0.187 e. The second kappa shape index (κ2) is 8.90. The molecule has 0 fully saturated rings. The van der Waals surface area contributed by atoms with Gasteiger partial charge in [-0.05, 0) is 56.3 Å². The number of rotatable bonds is 7. The van der Waals surface area contributed by atoms with E-state index in [4.69, 9.17) is 4.74 Å². The fraction of sp³-hybridized carbons (Fsp3) is 0.231. The van der Waals surface area contributed by atoms with Crippen LogP contribution in [0.15, 0.2) is 91.0 Å². The van der Waals surface area contributed by atoms with Crippen molar-refractivity contribution in [2.45, 2.75) is 26.0 Å². The van der Waals surface area contributed by atoms with Crippen LogP contribution in [-0.4, -0.2) is 24.7 Å². The van der Waals surface area contributed by atoms with Gasteiger partial charge < -0.3 is 4.74 Å². The van der Waals surface area contributed by atoms with Crippen LogP contribution in [0.4, 0.5) is 0 Å². The van der Waals surface area contributed by atoms with Crippen LogP contribution in [-0.2, 0) is 0 Å². The van der Waals surface area contributed by atoms with Gasteiger partial charge in [-0.3, -0.25) is 4.90 Å². The zero-order valence-corrected chi connectivity index (χ0v) is 17.2. The van der Waals surface area contributed by atoms with Crippen molar-refractivity contribution in [1.29, 1.82) is 0 Å². The summed E-state index contributed by atoms with van der Waals surface area (Å²) < 4.78 is 6.65. The summed E-state index contributed by atoms with van der Waals surface area (Å²) in [7, 11) is 4.15. The maximum absolute atomic E-state index is 6.65. The first kappa shape index (κ1) is 19.9. The second-order valence-electron chi connectivity index (χ2n) is 7.23. The number of likely N-dealkylation sites (N-methyl/N-ethyl adjacent to an activating group) is 1. The first-order chi connectivity index (χ1) is 13.6. The molecule has 0 spiro atoms. The zero-order valence-electron chi connectivity index (χ0n) is 17.2. The highest BCUT2D eigenvalue weighted by molar-refractivity contribution is 5.94. The van der Waals surface area contributed by atoms with E-state index in [1.807, 2.05) is 30.3 Å². The van der Waals surface area contributed by atoms with Gasteiger partial charge in [0.1, 0.15) is 5.75 Å². The van der Waals surface area contributed by atoms with Gasteiger partial charge in [0.25, 0.3) is 0 Å². The van der Waals surface area contributed by atoms with E-state index in [1.165, 1.54) is 22.3 Å². The first-order valence-corrected chi connectivity index (χ1v) is 9.82. The Labute approximate surface area is 169 Å². The lowest BCUT2D eigenvalue weighted by molar-refractivity contribution is 0.0144. The Morgan fingerprint density at radius 3 is 1.68 bits per heavy atom. The zero-order chi connectivity index (χ0) is 20.0. The van der Waals surface area contributed by atoms with Crippen molar-refractivity contribution >= 4 is 11.1 Å². The number of nitrogens with zero attached hydrogens (tertiary/aromatic N) is 1. The summed E-state index contributed by atoms with van der Waals surface area (Å²) in [5, 5.41) is 0. The molecular formula is C26H29NO. The van der Waals surface area contributed by atoms with Crippen molar-refractivity contribution in [3.63, 3.8) is 0 Å². The van der Waals surface area contributed by atoms with E-state index in [0.29, 0.717) is 0 Å². The van der Waals surface area contributed by atoms with Crippen LogP contribution in [0, 0.1) is 0 Å². The quantitative estimate of drug-likeness (QED) is 0.354. The Kier molecular flexibility index (Phi) is 6.33. The van der Waals surface area contributed by atoms with Gasteiger partial charge in [-0.2, -0.15) is 0 Å². The lowest BCUT2D eigenvalue weighted by atomic mass is 9.86. The average Bonchev–Trinajstić information content (AvgIpc) is 2.73. The molecule has 0 aliphatic carbocycles. The normalized spacial score (nSPS) is 14.3. The van der Waals surface area contributed by atoms with E-state index in [1.54, 1.807) is 0 Å². The molecule has 0 heterocycles. The Bertz CT molecular complexity index is 901. The third-order valence-electron chi connectivity index (χ3n) is 5.22. The monoisotopic (exact) mass is 371 g/mol. The molecule has 1 unspecified atom stereocenters. The molecule has 0 amide bonds. The molecule has 0 bridgehead atoms. The molecule has 144 valence electrons. The minimum atomic E-state index is -0.635. The Morgan fingerprint density at radius 2 is 1.21 bits per heavy atom. The SMILES string of the molecule is CC/C(=C(\c1ccccc1)C(C)(Oc1ccccc1)N(C)C)c1ccccc1. The molecule has 28 heavy (non-hydrogen) atoms. The van der Waals surface area contributed by atoms with Crippen molar-refractivity contribution in [1.82, 2.24) is 4.90 Å². The molecule has 0 radical (unpaired) electrons. The van der Waals surface area contributed by atoms with E-state index in [-0.39, 0.29) is 0 Å². The molecule has 3 aromatic carbocycles. The fourth-order valence-electron chi connectivity index (χ4n) is 3.58. The Hall–Kier alpha value is -2.84. The summed E-state index contributed by atoms with van der Waals surface area (Å²) in [5.74, 6) is 0.857. The third kappa shape index (κ3) is 4.18. The molecule has 3 aromatic rings. The van der Waals surface area contributed by atoms with Gasteiger partial charge in [0, 0.05) is 5.57 Å². The largest absolute Gasteiger partial charge is 0.469 e. The molecule has 0 saturated heterocycles. The molecule has 0 aliphatic rings. The van der Waals surface area contributed by atoms with E-state index < -0.39 is 5.72 Å². The number of benzene rings is 3. The number of ether oxygens (including phenoxy) is 1. The van der Waals surface area contributed by atoms with Gasteiger partial charge >= 0.3 is 0 Å². The number of hydrogen-bond acceptors (Lipinski definition) is 2. The summed E-state index contributed by atoms with van der Waals surface area (Å²) in [4.78, 5) is 2.15. The van der Waals surface area contributed by atoms with Gasteiger partial charge in [-0.15, -0.1) is 0 Å². The van der Waals surface area contributed by atoms with Gasteiger partial charge in [0.15, 0.2) is 5.72 Å². The fourth-order valence-corrected chi connectivity index (χ4v) is 3.58. The highest BCUT2D eigenvalue weighted by atomic mass is 16.5. The Morgan fingerprint density at radius 1 is 0.750 bits per heavy atom. The van der Waals surface area contributed by atoms with E-state index in [2.05, 4.69) is 93.5 Å². The number of para-hydroxylation sites is 1. The smallest absolute Gasteiger partial charge is 0.187 e. The van der Waals surface area contributed by atoms with Crippen molar-refractivity contribution in [2.75, 3.05) is 14.1 Å². The lowest BCUT2D eigenvalue weighted by Crippen LogP contribution is -2.48. The lowest BCUT2D eigenvalue weighted by Gasteiger charge is -2.40. The summed E-state index contributed by atoms with van der Waals surface area (Å²) in [6.07, 6.45) is 0.913. The molecule has 2 nitrogen and oxygen atoms in total. The van der Waals surface area contributed by atoms with Crippen LogP contribution in [0.25, 0.3) is 11.1 Å². The molecule has 3 rings (SSSR count). The summed E-state index contributed by atoms with van der Waals surface area (Å²) in [6.45, 7) is 4.37. The standard InChI is InChI=1S/C26H29NO/c1-5-24(21-15-9-6-10-16-21)25(22-17-11-7-12-18-22)26(2,27(3)4)28-23-19-13-8-14-20-23/h6-20H,5H2,1-4H3/b25-24-. The van der Waals surface area contributed by atoms with E-state index in [9.17, 15) is 0 Å². The molecule has 0 aromatic heterocycles. The first-order valence-electron chi connectivity index (χ1n) is 9.82. The van der Waals surface area contributed by atoms with Crippen LogP contribution < -0.4 is 4.74 Å². The second-order valence-corrected chi connectivity index (χ2v) is 7.23. The summed E-state index contributed by atoms with van der Waals surface area (Å²) in [5.41, 5.74) is 4.25. The van der Waals surface area contributed by atoms with Gasteiger partial charge in [-0.1, -0.05) is 85.8 Å². The molecule has 0 aliphatic heterocycles. The number of allylic oxidation sites excluding steroid dienone is 1. The highest BCUT2D eigenvalue weighted by Crippen LogP contribution is 2.40. The molecule has 2 heteroatoms. The molecule has 0 N–H and O–H groups in total. The van der Waals surface area contributed by atoms with Crippen LogP contribution in [0.5, 0.6) is 5.75 Å². The van der Waals surface area contributed by atoms with Gasteiger partial charge in [0.05, 0.1) is 0 Å². The summed E-state index contributed by atoms with van der Waals surface area (Å²) >= 11 is 0. The summed E-state index contributed by atoms with van der Waals surface area (Å²) in [6, 6.07) is 31.2. The van der Waals surface area contributed by atoms with Crippen molar-refractivity contribution < 1.29 is 4.74 Å². The topological polar surface area (TPSA) is 12.5 Å². The van der Waals surface area contributed by atoms with Crippen molar-refractivity contribution in [2.24, 2.45) is 0 Å². The van der Waals surface area contributed by atoms with Crippen molar-refractivity contribution in [3.8, 4) is 5.75 Å². The minimum absolute atomic E-state index is 0.635. The van der Waals surface area contributed by atoms with Crippen LogP contribution >= 0.6 is 0 Å². The van der Waals surface area contributed by atoms with Gasteiger partial charge in [-0.25, -0.2) is 0 Å². The third-order valence-corrected chi connectivity index (χ3v) is 5.22. The molecule has 1 atom stereocenters. The van der Waals surface area contributed by atoms with Crippen molar-refractivity contribution in [3.05, 3.63) is 102 Å². The minimum Gasteiger partial charge on any atom is -0.469 e. The predicted octanol–water partition coefficient (Wildman–Crippen LogP) is 6.36. The predicted molar refractivity (Wildman–Crippen MR) is 119 cm³/mol.